The molecule has 152 valence electrons. The predicted molar refractivity (Wildman–Crippen MR) is 123 cm³/mol. The van der Waals surface area contributed by atoms with Gasteiger partial charge in [0.05, 0.1) is 17.2 Å². The molecule has 0 atom stereocenters. The highest BCUT2D eigenvalue weighted by atomic mass is 16.2. The van der Waals surface area contributed by atoms with Crippen molar-refractivity contribution in [1.29, 1.82) is 5.26 Å². The number of fused-ring (bicyclic) bond motifs is 2. The Morgan fingerprint density at radius 1 is 1.10 bits per heavy atom. The number of aromatic nitrogens is 2. The summed E-state index contributed by atoms with van der Waals surface area (Å²) in [5.74, 6) is 0.113. The molecular weight excluding hydrogens is 384 g/mol. The average molecular weight is 406 g/mol. The molecule has 1 N–H and O–H groups in total. The normalized spacial score (nSPS) is 15.3. The second kappa shape index (κ2) is 8.17. The number of nitriles is 1. The number of hydrogen-bond donors (Lipinski definition) is 1. The van der Waals surface area contributed by atoms with Crippen LogP contribution in [0.2, 0.25) is 0 Å². The Morgan fingerprint density at radius 2 is 1.94 bits per heavy atom. The molecule has 0 saturated carbocycles. The van der Waals surface area contributed by atoms with E-state index in [0.717, 1.165) is 58.7 Å². The molecule has 5 nitrogen and oxygen atoms in total. The van der Waals surface area contributed by atoms with Crippen LogP contribution in [-0.4, -0.2) is 28.5 Å². The van der Waals surface area contributed by atoms with Gasteiger partial charge >= 0.3 is 0 Å². The summed E-state index contributed by atoms with van der Waals surface area (Å²) < 4.78 is 1.75. The van der Waals surface area contributed by atoms with Crippen molar-refractivity contribution >= 4 is 39.2 Å². The van der Waals surface area contributed by atoms with Gasteiger partial charge in [0.2, 0.25) is 5.91 Å². The van der Waals surface area contributed by atoms with Crippen LogP contribution in [0.5, 0.6) is 0 Å². The number of benzene rings is 2. The SMILES string of the molecule is N#C/C(=C\c1cccc2cnccc12)c1cn(C(=O)C2CCNCC2)c2ccccc12. The van der Waals surface area contributed by atoms with Gasteiger partial charge in [-0.3, -0.25) is 14.3 Å². The van der Waals surface area contributed by atoms with E-state index in [-0.39, 0.29) is 11.8 Å². The fourth-order valence-corrected chi connectivity index (χ4v) is 4.44. The summed E-state index contributed by atoms with van der Waals surface area (Å²) in [4.78, 5) is 17.5. The topological polar surface area (TPSA) is 70.7 Å². The van der Waals surface area contributed by atoms with Crippen molar-refractivity contribution in [2.75, 3.05) is 13.1 Å². The first kappa shape index (κ1) is 19.2. The Labute approximate surface area is 180 Å². The van der Waals surface area contributed by atoms with Crippen molar-refractivity contribution in [2.45, 2.75) is 12.8 Å². The summed E-state index contributed by atoms with van der Waals surface area (Å²) in [6.07, 6.45) is 9.01. The van der Waals surface area contributed by atoms with E-state index < -0.39 is 0 Å². The molecule has 1 saturated heterocycles. The van der Waals surface area contributed by atoms with E-state index in [1.165, 1.54) is 0 Å². The third kappa shape index (κ3) is 3.52. The van der Waals surface area contributed by atoms with Crippen molar-refractivity contribution in [1.82, 2.24) is 14.9 Å². The van der Waals surface area contributed by atoms with Gasteiger partial charge < -0.3 is 5.32 Å². The Bertz CT molecular complexity index is 1350. The van der Waals surface area contributed by atoms with Crippen LogP contribution in [0.15, 0.2) is 67.1 Å². The van der Waals surface area contributed by atoms with Gasteiger partial charge in [-0.25, -0.2) is 0 Å². The van der Waals surface area contributed by atoms with Gasteiger partial charge in [-0.1, -0.05) is 36.4 Å². The van der Waals surface area contributed by atoms with Crippen LogP contribution in [0.3, 0.4) is 0 Å². The molecule has 5 heteroatoms. The molecule has 0 radical (unpaired) electrons. The monoisotopic (exact) mass is 406 g/mol. The number of para-hydroxylation sites is 1. The number of nitrogens with zero attached hydrogens (tertiary/aromatic N) is 3. The lowest BCUT2D eigenvalue weighted by molar-refractivity contribution is 0.0813. The first-order valence-electron chi connectivity index (χ1n) is 10.6. The molecule has 31 heavy (non-hydrogen) atoms. The highest BCUT2D eigenvalue weighted by Gasteiger charge is 2.25. The number of carbonyl (C=O) groups is 1. The van der Waals surface area contributed by atoms with Gasteiger partial charge in [0, 0.05) is 40.8 Å². The smallest absolute Gasteiger partial charge is 0.234 e. The van der Waals surface area contributed by atoms with E-state index in [9.17, 15) is 10.1 Å². The minimum atomic E-state index is 0.00462. The average Bonchev–Trinajstić information content (AvgIpc) is 3.22. The molecule has 3 heterocycles. The molecule has 4 aromatic rings. The van der Waals surface area contributed by atoms with E-state index >= 15 is 0 Å². The number of nitrogens with one attached hydrogen (secondary N) is 1. The number of rotatable bonds is 3. The summed E-state index contributed by atoms with van der Waals surface area (Å²) in [6.45, 7) is 1.73. The maximum absolute atomic E-state index is 13.3. The van der Waals surface area contributed by atoms with Gasteiger partial charge in [-0.05, 0) is 55.1 Å². The zero-order valence-corrected chi connectivity index (χ0v) is 17.1. The summed E-state index contributed by atoms with van der Waals surface area (Å²) in [5.41, 5.74) is 3.13. The van der Waals surface area contributed by atoms with E-state index in [0.29, 0.717) is 5.57 Å². The summed E-state index contributed by atoms with van der Waals surface area (Å²) >= 11 is 0. The van der Waals surface area contributed by atoms with Gasteiger partial charge in [0.1, 0.15) is 0 Å². The molecule has 0 aliphatic carbocycles. The molecule has 5 rings (SSSR count). The van der Waals surface area contributed by atoms with Crippen LogP contribution < -0.4 is 5.32 Å². The maximum Gasteiger partial charge on any atom is 0.234 e. The molecule has 0 bridgehead atoms. The number of pyridine rings is 1. The quantitative estimate of drug-likeness (QED) is 0.492. The highest BCUT2D eigenvalue weighted by molar-refractivity contribution is 6.06. The number of carbonyl (C=O) groups excluding carboxylic acids is 1. The first-order valence-corrected chi connectivity index (χ1v) is 10.6. The van der Waals surface area contributed by atoms with Gasteiger partial charge in [0.25, 0.3) is 0 Å². The molecule has 0 amide bonds. The highest BCUT2D eigenvalue weighted by Crippen LogP contribution is 2.31. The number of hydrogen-bond acceptors (Lipinski definition) is 4. The molecule has 0 spiro atoms. The summed E-state index contributed by atoms with van der Waals surface area (Å²) in [6, 6.07) is 18.1. The molecular formula is C26H22N4O. The fourth-order valence-electron chi connectivity index (χ4n) is 4.44. The molecule has 2 aromatic carbocycles. The first-order chi connectivity index (χ1) is 15.3. The Hall–Kier alpha value is -3.75. The predicted octanol–water partition coefficient (Wildman–Crippen LogP) is 4.89. The molecule has 0 unspecified atom stereocenters. The Kier molecular flexibility index (Phi) is 5.07. The van der Waals surface area contributed by atoms with Gasteiger partial charge in [-0.2, -0.15) is 5.26 Å². The van der Waals surface area contributed by atoms with Gasteiger partial charge in [0.15, 0.2) is 0 Å². The van der Waals surface area contributed by atoms with E-state index in [4.69, 9.17) is 0 Å². The van der Waals surface area contributed by atoms with Crippen LogP contribution in [0.1, 0.15) is 28.8 Å². The standard InChI is InChI=1S/C26H22N4O/c27-15-21(14-19-4-3-5-20-16-29-13-10-22(19)20)24-17-30(25-7-2-1-6-23(24)25)26(31)18-8-11-28-12-9-18/h1-7,10,13-14,16-18,28H,8-9,11-12H2/b21-14+. The van der Waals surface area contributed by atoms with E-state index in [2.05, 4.69) is 16.4 Å². The molecule has 2 aromatic heterocycles. The van der Waals surface area contributed by atoms with Gasteiger partial charge in [-0.15, -0.1) is 0 Å². The third-order valence-corrected chi connectivity index (χ3v) is 6.06. The zero-order chi connectivity index (χ0) is 21.2. The molecule has 1 aliphatic rings. The summed E-state index contributed by atoms with van der Waals surface area (Å²) in [5, 5.41) is 16.3. The Balaban J connectivity index is 1.64. The van der Waals surface area contributed by atoms with E-state index in [1.807, 2.05) is 67.0 Å². The third-order valence-electron chi connectivity index (χ3n) is 6.06. The van der Waals surface area contributed by atoms with Crippen LogP contribution in [0.25, 0.3) is 33.3 Å². The Morgan fingerprint density at radius 3 is 2.77 bits per heavy atom. The lowest BCUT2D eigenvalue weighted by atomic mass is 9.97. The second-order valence-electron chi connectivity index (χ2n) is 7.91. The number of allylic oxidation sites excluding steroid dienone is 1. The molecule has 1 fully saturated rings. The lowest BCUT2D eigenvalue weighted by Gasteiger charge is -2.21. The minimum absolute atomic E-state index is 0.00462. The molecule has 1 aliphatic heterocycles. The zero-order valence-electron chi connectivity index (χ0n) is 17.1. The van der Waals surface area contributed by atoms with Crippen LogP contribution in [-0.2, 0) is 0 Å². The largest absolute Gasteiger partial charge is 0.317 e. The summed E-state index contributed by atoms with van der Waals surface area (Å²) in [7, 11) is 0. The number of piperidine rings is 1. The minimum Gasteiger partial charge on any atom is -0.317 e. The van der Waals surface area contributed by atoms with Crippen molar-refractivity contribution in [3.8, 4) is 6.07 Å². The van der Waals surface area contributed by atoms with Crippen LogP contribution in [0, 0.1) is 17.2 Å². The van der Waals surface area contributed by atoms with Crippen molar-refractivity contribution in [3.63, 3.8) is 0 Å². The van der Waals surface area contributed by atoms with E-state index in [1.54, 1.807) is 10.8 Å². The van der Waals surface area contributed by atoms with Crippen molar-refractivity contribution in [3.05, 3.63) is 78.2 Å². The van der Waals surface area contributed by atoms with Crippen molar-refractivity contribution in [2.24, 2.45) is 5.92 Å². The van der Waals surface area contributed by atoms with Crippen LogP contribution >= 0.6 is 0 Å². The second-order valence-corrected chi connectivity index (χ2v) is 7.91. The van der Waals surface area contributed by atoms with Crippen molar-refractivity contribution < 1.29 is 4.79 Å². The maximum atomic E-state index is 13.3. The lowest BCUT2D eigenvalue weighted by Crippen LogP contribution is -2.33. The van der Waals surface area contributed by atoms with Crippen LogP contribution in [0.4, 0.5) is 0 Å². The fraction of sp³-hybridized carbons (Fsp3) is 0.192.